The van der Waals surface area contributed by atoms with Gasteiger partial charge in [0.05, 0.1) is 31.0 Å². The Balaban J connectivity index is 0.000000231. The maximum Gasteiger partial charge on any atom is 0.337 e. The summed E-state index contributed by atoms with van der Waals surface area (Å²) in [7, 11) is 2.64. The van der Waals surface area contributed by atoms with Gasteiger partial charge in [-0.3, -0.25) is 4.89 Å². The largest absolute Gasteiger partial charge is 0.478 e. The van der Waals surface area contributed by atoms with Gasteiger partial charge in [0.1, 0.15) is 6.04 Å². The number of allylic oxidation sites excluding steroid dienone is 6. The number of hydrogen-bond donors (Lipinski definition) is 5. The summed E-state index contributed by atoms with van der Waals surface area (Å²) < 4.78 is 4.84. The van der Waals surface area contributed by atoms with E-state index in [1.165, 1.54) is 26.4 Å². The lowest BCUT2D eigenvalue weighted by molar-refractivity contribution is -0.209. The number of aromatic carboxylic acids is 2. The number of fused-ring (bicyclic) bond motifs is 3. The van der Waals surface area contributed by atoms with E-state index in [4.69, 9.17) is 20.7 Å². The molecule has 0 saturated heterocycles. The summed E-state index contributed by atoms with van der Waals surface area (Å²) in [5.41, 5.74) is 7.45. The number of carbonyl (C=O) groups is 3. The van der Waals surface area contributed by atoms with Gasteiger partial charge in [0.2, 0.25) is 6.11 Å². The molecule has 3 unspecified atom stereocenters. The van der Waals surface area contributed by atoms with Crippen LogP contribution in [-0.2, 0) is 19.3 Å². The highest BCUT2D eigenvalue weighted by molar-refractivity contribution is 5.97. The number of hydrogen-bond acceptors (Lipinski definition) is 9. The number of carbonyl (C=O) groups excluding carboxylic acids is 1. The van der Waals surface area contributed by atoms with Crippen LogP contribution in [0.15, 0.2) is 78.9 Å². The molecule has 2 aliphatic carbocycles. The molecule has 1 heterocycles. The molecular weight excluding hydrogens is 532 g/mol. The Labute approximate surface area is 237 Å². The van der Waals surface area contributed by atoms with E-state index < -0.39 is 18.0 Å². The molecule has 5 rings (SSSR count). The van der Waals surface area contributed by atoms with E-state index in [2.05, 4.69) is 39.4 Å². The standard InChI is InChI=1S/C15H15NO4.C7H7NO2.C5H6.C3H4O3/c1-20-15(19)13-10-6-2-4-8(10)9-5-3-7-11(14(17)18)12(9)16-13;8-6-4-2-1-3-5(6)7(9)10;1-2-4-5-3-1;1-5-6-3-2-4/h2-5,7-8,10,13,16H,6H2,1H3,(H,17,18);1-4H,8H2,(H,9,10);1-4H,5H2;4H,1H3. The average Bonchev–Trinajstić information content (AvgIpc) is 3.72. The molecule has 3 aliphatic rings. The lowest BCUT2D eigenvalue weighted by Gasteiger charge is -2.36. The number of nitrogens with one attached hydrogen (secondary N) is 1. The number of carboxylic acid groups (broad SMARTS) is 2. The number of nitrogens with two attached hydrogens (primary N) is 1. The first-order valence-corrected chi connectivity index (χ1v) is 12.4. The fourth-order valence-electron chi connectivity index (χ4n) is 4.30. The first kappa shape index (κ1) is 32.0. The van der Waals surface area contributed by atoms with Gasteiger partial charge in [-0.05, 0) is 36.6 Å². The molecule has 41 heavy (non-hydrogen) atoms. The molecule has 2 aromatic carbocycles. The van der Waals surface area contributed by atoms with Crippen LogP contribution in [0.4, 0.5) is 11.4 Å². The fraction of sp³-hybridized carbons (Fsp3) is 0.233. The molecule has 0 radical (unpaired) electrons. The number of esters is 1. The van der Waals surface area contributed by atoms with Crippen molar-refractivity contribution in [2.45, 2.75) is 24.8 Å². The van der Waals surface area contributed by atoms with Crippen molar-refractivity contribution in [2.24, 2.45) is 5.92 Å². The first-order valence-electron chi connectivity index (χ1n) is 12.4. The highest BCUT2D eigenvalue weighted by atomic mass is 17.2. The predicted molar refractivity (Wildman–Crippen MR) is 151 cm³/mol. The molecule has 11 heteroatoms. The van der Waals surface area contributed by atoms with Crippen molar-refractivity contribution in [3.8, 4) is 12.2 Å². The normalized spacial score (nSPS) is 18.0. The van der Waals surface area contributed by atoms with Crippen LogP contribution in [0.2, 0.25) is 0 Å². The third-order valence-electron chi connectivity index (χ3n) is 6.10. The van der Waals surface area contributed by atoms with Gasteiger partial charge in [0.15, 0.2) is 6.11 Å². The van der Waals surface area contributed by atoms with Crippen LogP contribution in [0.1, 0.15) is 45.0 Å². The van der Waals surface area contributed by atoms with E-state index >= 15 is 0 Å². The van der Waals surface area contributed by atoms with Crippen molar-refractivity contribution in [1.82, 2.24) is 0 Å². The van der Waals surface area contributed by atoms with Gasteiger partial charge in [-0.25, -0.2) is 14.4 Å². The number of nitrogen functional groups attached to an aromatic ring is 1. The number of para-hydroxylation sites is 2. The minimum atomic E-state index is -1.00. The Morgan fingerprint density at radius 1 is 0.951 bits per heavy atom. The van der Waals surface area contributed by atoms with Crippen molar-refractivity contribution in [2.75, 3.05) is 25.3 Å². The molecular formula is C30H32N2O9. The molecule has 0 bridgehead atoms. The lowest BCUT2D eigenvalue weighted by Crippen LogP contribution is -2.43. The van der Waals surface area contributed by atoms with Gasteiger partial charge in [-0.15, -0.1) is 0 Å². The number of rotatable bonds is 4. The van der Waals surface area contributed by atoms with E-state index in [0.717, 1.165) is 18.4 Å². The van der Waals surface area contributed by atoms with Crippen LogP contribution in [-0.4, -0.2) is 53.5 Å². The van der Waals surface area contributed by atoms with Gasteiger partial charge in [-0.1, -0.05) is 60.7 Å². The number of anilines is 2. The second-order valence-corrected chi connectivity index (χ2v) is 8.52. The second-order valence-electron chi connectivity index (χ2n) is 8.52. The summed E-state index contributed by atoms with van der Waals surface area (Å²) in [6, 6.07) is 11.1. The van der Waals surface area contributed by atoms with E-state index in [-0.39, 0.29) is 28.9 Å². The molecule has 2 aromatic rings. The summed E-state index contributed by atoms with van der Waals surface area (Å²) in [6.07, 6.45) is 17.6. The molecule has 0 saturated carbocycles. The minimum Gasteiger partial charge on any atom is -0.478 e. The molecule has 6 N–H and O–H groups in total. The van der Waals surface area contributed by atoms with Gasteiger partial charge in [0, 0.05) is 17.5 Å². The van der Waals surface area contributed by atoms with E-state index in [1.807, 2.05) is 18.2 Å². The molecule has 216 valence electrons. The zero-order valence-electron chi connectivity index (χ0n) is 22.5. The fourth-order valence-corrected chi connectivity index (χ4v) is 4.30. The van der Waals surface area contributed by atoms with Crippen molar-refractivity contribution in [3.63, 3.8) is 0 Å². The Kier molecular flexibility index (Phi) is 13.0. The Hall–Kier alpha value is -5.21. The van der Waals surface area contributed by atoms with Gasteiger partial charge >= 0.3 is 17.9 Å². The number of methoxy groups -OCH3 is 1. The van der Waals surface area contributed by atoms with Crippen molar-refractivity contribution < 1.29 is 44.2 Å². The van der Waals surface area contributed by atoms with Crippen LogP contribution < -0.4 is 11.1 Å². The molecule has 0 amide bonds. The summed E-state index contributed by atoms with van der Waals surface area (Å²) >= 11 is 0. The second kappa shape index (κ2) is 16.7. The maximum absolute atomic E-state index is 11.9. The Bertz CT molecular complexity index is 1350. The first-order chi connectivity index (χ1) is 19.8. The molecule has 3 atom stereocenters. The number of carboxylic acids is 2. The summed E-state index contributed by atoms with van der Waals surface area (Å²) in [6.45, 7) is 0. The van der Waals surface area contributed by atoms with Crippen molar-refractivity contribution in [1.29, 1.82) is 0 Å². The quantitative estimate of drug-likeness (QED) is 0.0891. The van der Waals surface area contributed by atoms with Crippen LogP contribution in [0, 0.1) is 18.1 Å². The number of aliphatic hydroxyl groups excluding tert-OH is 1. The van der Waals surface area contributed by atoms with Crippen LogP contribution >= 0.6 is 0 Å². The maximum atomic E-state index is 11.9. The highest BCUT2D eigenvalue weighted by Gasteiger charge is 2.42. The Morgan fingerprint density at radius 2 is 1.61 bits per heavy atom. The average molecular weight is 565 g/mol. The third kappa shape index (κ3) is 9.19. The monoisotopic (exact) mass is 564 g/mol. The highest BCUT2D eigenvalue weighted by Crippen LogP contribution is 2.45. The number of benzene rings is 2. The Morgan fingerprint density at radius 3 is 2.10 bits per heavy atom. The SMILES string of the molecule is C1=CCC=C1.COC(=O)C1Nc2c(C(=O)O)cccc2C2C=CCC12.COOC#CO.Nc1ccccc1C(=O)O. The molecule has 0 fully saturated rings. The number of ether oxygens (including phenoxy) is 1. The van der Waals surface area contributed by atoms with Crippen molar-refractivity contribution in [3.05, 3.63) is 95.6 Å². The van der Waals surface area contributed by atoms with Gasteiger partial charge < -0.3 is 31.1 Å². The van der Waals surface area contributed by atoms with Gasteiger partial charge in [0.25, 0.3) is 0 Å². The van der Waals surface area contributed by atoms with E-state index in [1.54, 1.807) is 36.4 Å². The van der Waals surface area contributed by atoms with Crippen LogP contribution in [0.5, 0.6) is 0 Å². The topological polar surface area (TPSA) is 178 Å². The van der Waals surface area contributed by atoms with E-state index in [9.17, 15) is 19.5 Å². The van der Waals surface area contributed by atoms with Crippen LogP contribution in [0.25, 0.3) is 0 Å². The third-order valence-corrected chi connectivity index (χ3v) is 6.10. The van der Waals surface area contributed by atoms with E-state index in [0.29, 0.717) is 11.4 Å². The van der Waals surface area contributed by atoms with Gasteiger partial charge in [-0.2, -0.15) is 4.89 Å². The zero-order chi connectivity index (χ0) is 30.2. The lowest BCUT2D eigenvalue weighted by atomic mass is 9.78. The summed E-state index contributed by atoms with van der Waals surface area (Å²) in [4.78, 5) is 41.4. The molecule has 11 nitrogen and oxygen atoms in total. The molecule has 0 aromatic heterocycles. The summed E-state index contributed by atoms with van der Waals surface area (Å²) in [5.74, 6) is -2.19. The summed E-state index contributed by atoms with van der Waals surface area (Å²) in [5, 5.41) is 28.5. The zero-order valence-corrected chi connectivity index (χ0v) is 22.5. The predicted octanol–water partition coefficient (Wildman–Crippen LogP) is 4.34. The smallest absolute Gasteiger partial charge is 0.337 e. The van der Waals surface area contributed by atoms with Crippen LogP contribution in [0.3, 0.4) is 0 Å². The molecule has 1 aliphatic heterocycles. The molecule has 0 spiro atoms. The van der Waals surface area contributed by atoms with Crippen molar-refractivity contribution >= 4 is 29.3 Å². The number of aliphatic hydroxyl groups is 1. The minimum absolute atomic E-state index is 0.0645.